The summed E-state index contributed by atoms with van der Waals surface area (Å²) in [6.45, 7) is 3.32. The van der Waals surface area contributed by atoms with Crippen LogP contribution in [-0.4, -0.2) is 33.4 Å². The molecule has 2 N–H and O–H groups in total. The molecular formula is C14H16N2O5S. The molecule has 8 heteroatoms. The van der Waals surface area contributed by atoms with E-state index >= 15 is 0 Å². The molecule has 2 rings (SSSR count). The van der Waals surface area contributed by atoms with Crippen LogP contribution in [0.4, 0.5) is 0 Å². The van der Waals surface area contributed by atoms with E-state index < -0.39 is 0 Å². The highest BCUT2D eigenvalue weighted by molar-refractivity contribution is 7.15. The second kappa shape index (κ2) is 7.43. The third-order valence-corrected chi connectivity index (χ3v) is 4.05. The molecule has 0 aliphatic heterocycles. The van der Waals surface area contributed by atoms with Gasteiger partial charge in [-0.1, -0.05) is 12.1 Å². The van der Waals surface area contributed by atoms with Gasteiger partial charge >= 0.3 is 5.97 Å². The predicted octanol–water partition coefficient (Wildman–Crippen LogP) is 2.60. The predicted molar refractivity (Wildman–Crippen MR) is 78.7 cm³/mol. The number of carbonyl (C=O) groups excluding carboxylic acids is 1. The Kier molecular flexibility index (Phi) is 5.58. The van der Waals surface area contributed by atoms with Gasteiger partial charge in [0.05, 0.1) is 23.3 Å². The molecule has 0 spiro atoms. The van der Waals surface area contributed by atoms with Crippen molar-refractivity contribution in [1.29, 1.82) is 0 Å². The largest absolute Gasteiger partial charge is 0.426 e. The van der Waals surface area contributed by atoms with Crippen molar-refractivity contribution in [3.05, 3.63) is 34.8 Å². The van der Waals surface area contributed by atoms with Gasteiger partial charge in [-0.15, -0.1) is 11.3 Å². The van der Waals surface area contributed by atoms with Crippen molar-refractivity contribution >= 4 is 17.3 Å². The summed E-state index contributed by atoms with van der Waals surface area (Å²) in [5.41, 5.74) is 1.56. The van der Waals surface area contributed by atoms with E-state index in [2.05, 4.69) is 9.82 Å². The van der Waals surface area contributed by atoms with Crippen molar-refractivity contribution < 1.29 is 24.8 Å². The Labute approximate surface area is 131 Å². The average molecular weight is 324 g/mol. The number of aryl methyl sites for hydroxylation is 1. The maximum Gasteiger partial charge on any atom is 0.308 e. The van der Waals surface area contributed by atoms with Crippen molar-refractivity contribution in [2.45, 2.75) is 20.3 Å². The number of esters is 1. The molecule has 0 saturated carbocycles. The van der Waals surface area contributed by atoms with Crippen LogP contribution in [0.3, 0.4) is 0 Å². The smallest absolute Gasteiger partial charge is 0.308 e. The van der Waals surface area contributed by atoms with Crippen LogP contribution in [0, 0.1) is 6.92 Å². The molecule has 2 aromatic rings. The standard InChI is InChI=1S/C14H16N2O5S/c1-9-13(7-8-20-16(18)19)22-14(15-9)11-5-3-4-6-12(11)21-10(2)17/h3-6,18-19H,7-8H2,1-2H3. The minimum absolute atomic E-state index is 0.112. The van der Waals surface area contributed by atoms with Gasteiger partial charge in [0.15, 0.2) is 0 Å². The summed E-state index contributed by atoms with van der Waals surface area (Å²) in [5.74, 6) is 0.0729. The summed E-state index contributed by atoms with van der Waals surface area (Å²) >= 11 is 1.44. The number of hydrogen-bond donors (Lipinski definition) is 2. The zero-order valence-electron chi connectivity index (χ0n) is 12.1. The van der Waals surface area contributed by atoms with Crippen LogP contribution < -0.4 is 4.74 Å². The molecular weight excluding hydrogens is 308 g/mol. The molecule has 0 fully saturated rings. The molecule has 22 heavy (non-hydrogen) atoms. The molecule has 1 aromatic heterocycles. The molecule has 7 nitrogen and oxygen atoms in total. The molecule has 0 atom stereocenters. The van der Waals surface area contributed by atoms with Crippen LogP contribution in [0.15, 0.2) is 24.3 Å². The molecule has 0 bridgehead atoms. The van der Waals surface area contributed by atoms with E-state index in [9.17, 15) is 4.79 Å². The molecule has 118 valence electrons. The van der Waals surface area contributed by atoms with E-state index in [4.69, 9.17) is 15.2 Å². The van der Waals surface area contributed by atoms with E-state index in [0.717, 1.165) is 21.1 Å². The molecule has 0 amide bonds. The van der Waals surface area contributed by atoms with Gasteiger partial charge in [-0.3, -0.25) is 20.0 Å². The zero-order valence-corrected chi connectivity index (χ0v) is 13.0. The van der Waals surface area contributed by atoms with Crippen molar-refractivity contribution in [3.8, 4) is 16.3 Å². The number of aromatic nitrogens is 1. The monoisotopic (exact) mass is 324 g/mol. The van der Waals surface area contributed by atoms with E-state index in [1.54, 1.807) is 12.1 Å². The Morgan fingerprint density at radius 1 is 1.36 bits per heavy atom. The Balaban J connectivity index is 2.21. The van der Waals surface area contributed by atoms with Gasteiger partial charge in [-0.05, 0) is 19.1 Å². The fraction of sp³-hybridized carbons (Fsp3) is 0.286. The second-order valence-electron chi connectivity index (χ2n) is 4.45. The number of thiazole rings is 1. The number of carbonyl (C=O) groups is 1. The first kappa shape index (κ1) is 16.5. The molecule has 1 heterocycles. The van der Waals surface area contributed by atoms with Crippen molar-refractivity contribution in [2.75, 3.05) is 6.61 Å². The van der Waals surface area contributed by atoms with Crippen LogP contribution in [-0.2, 0) is 16.1 Å². The number of rotatable bonds is 6. The molecule has 1 aromatic carbocycles. The first-order chi connectivity index (χ1) is 10.5. The van der Waals surface area contributed by atoms with Crippen LogP contribution in [0.2, 0.25) is 0 Å². The molecule has 0 saturated heterocycles. The van der Waals surface area contributed by atoms with E-state index in [-0.39, 0.29) is 18.0 Å². The Morgan fingerprint density at radius 3 is 2.77 bits per heavy atom. The quantitative estimate of drug-likeness (QED) is 0.479. The topological polar surface area (TPSA) is 92.1 Å². The summed E-state index contributed by atoms with van der Waals surface area (Å²) in [7, 11) is 0. The summed E-state index contributed by atoms with van der Waals surface area (Å²) in [6, 6.07) is 7.18. The lowest BCUT2D eigenvalue weighted by molar-refractivity contribution is -0.492. The Bertz CT molecular complexity index is 656. The number of nitrogens with zero attached hydrogens (tertiary/aromatic N) is 2. The third-order valence-electron chi connectivity index (χ3n) is 2.80. The Morgan fingerprint density at radius 2 is 2.09 bits per heavy atom. The van der Waals surface area contributed by atoms with Gasteiger partial charge in [0.25, 0.3) is 0 Å². The van der Waals surface area contributed by atoms with Crippen molar-refractivity contribution in [3.63, 3.8) is 0 Å². The molecule has 0 radical (unpaired) electrons. The fourth-order valence-corrected chi connectivity index (χ4v) is 2.96. The number of hydrogen-bond acceptors (Lipinski definition) is 8. The summed E-state index contributed by atoms with van der Waals surface area (Å²) in [5, 5.41) is 17.4. The molecule has 0 unspecified atom stereocenters. The van der Waals surface area contributed by atoms with Gasteiger partial charge in [-0.25, -0.2) is 4.98 Å². The highest BCUT2D eigenvalue weighted by Crippen LogP contribution is 2.34. The molecule has 0 aliphatic rings. The van der Waals surface area contributed by atoms with Gasteiger partial charge in [0, 0.05) is 18.2 Å². The van der Waals surface area contributed by atoms with Crippen molar-refractivity contribution in [1.82, 2.24) is 10.4 Å². The van der Waals surface area contributed by atoms with Crippen LogP contribution >= 0.6 is 11.3 Å². The highest BCUT2D eigenvalue weighted by atomic mass is 32.1. The summed E-state index contributed by atoms with van der Waals surface area (Å²) in [6.07, 6.45) is 0.483. The van der Waals surface area contributed by atoms with Crippen molar-refractivity contribution in [2.24, 2.45) is 0 Å². The third kappa shape index (κ3) is 4.33. The van der Waals surface area contributed by atoms with E-state index in [1.165, 1.54) is 18.3 Å². The normalized spacial score (nSPS) is 11.0. The Hall–Kier alpha value is -1.84. The number of benzene rings is 1. The molecule has 0 aliphatic carbocycles. The zero-order chi connectivity index (χ0) is 16.1. The minimum atomic E-state index is -0.389. The number of ether oxygens (including phenoxy) is 1. The van der Waals surface area contributed by atoms with Crippen LogP contribution in [0.1, 0.15) is 17.5 Å². The maximum atomic E-state index is 11.2. The first-order valence-electron chi connectivity index (χ1n) is 6.52. The second-order valence-corrected chi connectivity index (χ2v) is 5.54. The lowest BCUT2D eigenvalue weighted by atomic mass is 10.2. The van der Waals surface area contributed by atoms with Crippen LogP contribution in [0.5, 0.6) is 5.75 Å². The van der Waals surface area contributed by atoms with Crippen LogP contribution in [0.25, 0.3) is 10.6 Å². The van der Waals surface area contributed by atoms with Gasteiger partial charge in [-0.2, -0.15) is 0 Å². The average Bonchev–Trinajstić information content (AvgIpc) is 2.80. The lowest BCUT2D eigenvalue weighted by Crippen LogP contribution is -2.16. The lowest BCUT2D eigenvalue weighted by Gasteiger charge is -2.06. The summed E-state index contributed by atoms with van der Waals surface area (Å²) < 4.78 is 5.19. The first-order valence-corrected chi connectivity index (χ1v) is 7.34. The number of para-hydroxylation sites is 1. The van der Waals surface area contributed by atoms with Gasteiger partial charge in [0.1, 0.15) is 10.8 Å². The SMILES string of the molecule is CC(=O)Oc1ccccc1-c1nc(C)c(CCON(O)O)s1. The highest BCUT2D eigenvalue weighted by Gasteiger charge is 2.14. The van der Waals surface area contributed by atoms with Gasteiger partial charge < -0.3 is 4.74 Å². The fourth-order valence-electron chi connectivity index (χ4n) is 1.88. The van der Waals surface area contributed by atoms with E-state index in [1.807, 2.05) is 19.1 Å². The summed E-state index contributed by atoms with van der Waals surface area (Å²) in [4.78, 5) is 21.1. The van der Waals surface area contributed by atoms with E-state index in [0.29, 0.717) is 12.2 Å². The minimum Gasteiger partial charge on any atom is -0.426 e. The van der Waals surface area contributed by atoms with Gasteiger partial charge in [0.2, 0.25) is 0 Å². The maximum absolute atomic E-state index is 11.2.